The fourth-order valence-electron chi connectivity index (χ4n) is 1.72. The molecule has 18 heavy (non-hydrogen) atoms. The number of rotatable bonds is 4. The van der Waals surface area contributed by atoms with Crippen molar-refractivity contribution in [3.8, 4) is 0 Å². The van der Waals surface area contributed by atoms with Crippen LogP contribution in [0.5, 0.6) is 0 Å². The summed E-state index contributed by atoms with van der Waals surface area (Å²) in [5, 5.41) is 3.75. The molecule has 1 fully saturated rings. The molecule has 2 atom stereocenters. The Kier molecular flexibility index (Phi) is 3.16. The number of nitrogens with two attached hydrogens (primary N) is 2. The number of nitrogen functional groups attached to an aromatic ring is 1. The number of ether oxygens (including phenoxy) is 1. The number of hydrogen-bond acceptors (Lipinski definition) is 6. The number of thiophene rings is 1. The maximum absolute atomic E-state index is 11.7. The molecule has 0 radical (unpaired) electrons. The number of methoxy groups -OCH3 is 1. The molecule has 0 aromatic carbocycles. The van der Waals surface area contributed by atoms with Crippen LogP contribution in [0.3, 0.4) is 0 Å². The first-order valence-electron chi connectivity index (χ1n) is 5.52. The summed E-state index contributed by atoms with van der Waals surface area (Å²) in [5.41, 5.74) is 11.3. The normalized spacial score (nSPS) is 21.4. The molecule has 0 aliphatic heterocycles. The second-order valence-electron chi connectivity index (χ2n) is 4.37. The molecule has 2 unspecified atom stereocenters. The molecule has 1 aliphatic rings. The van der Waals surface area contributed by atoms with E-state index in [4.69, 9.17) is 11.5 Å². The number of hydrogen-bond donors (Lipinski definition) is 3. The molecule has 6 nitrogen and oxygen atoms in total. The van der Waals surface area contributed by atoms with E-state index in [1.165, 1.54) is 7.11 Å². The highest BCUT2D eigenvalue weighted by molar-refractivity contribution is 7.19. The van der Waals surface area contributed by atoms with Gasteiger partial charge < -0.3 is 21.5 Å². The van der Waals surface area contributed by atoms with Crippen LogP contribution in [-0.2, 0) is 4.74 Å². The number of nitrogens with one attached hydrogen (secondary N) is 1. The zero-order valence-corrected chi connectivity index (χ0v) is 11.0. The maximum Gasteiger partial charge on any atom is 0.343 e. The van der Waals surface area contributed by atoms with Gasteiger partial charge in [0.15, 0.2) is 0 Å². The first-order valence-corrected chi connectivity index (χ1v) is 6.34. The molecular weight excluding hydrogens is 254 g/mol. The Labute approximate surface area is 108 Å². The molecule has 7 heteroatoms. The lowest BCUT2D eigenvalue weighted by Crippen LogP contribution is -2.13. The predicted molar refractivity (Wildman–Crippen MR) is 69.8 cm³/mol. The second kappa shape index (κ2) is 4.49. The van der Waals surface area contributed by atoms with Crippen molar-refractivity contribution in [2.24, 2.45) is 11.7 Å². The fraction of sp³-hybridized carbons (Fsp3) is 0.455. The minimum absolute atomic E-state index is 0.0927. The van der Waals surface area contributed by atoms with Crippen LogP contribution in [0.2, 0.25) is 0 Å². The summed E-state index contributed by atoms with van der Waals surface area (Å²) in [4.78, 5) is 23.1. The summed E-state index contributed by atoms with van der Waals surface area (Å²) in [6.45, 7) is 2.10. The molecule has 0 spiro atoms. The summed E-state index contributed by atoms with van der Waals surface area (Å²) in [5.74, 6) is -0.651. The number of carbonyl (C=O) groups excluding carboxylic acids is 2. The van der Waals surface area contributed by atoms with Crippen LogP contribution in [0.15, 0.2) is 0 Å². The Balaban J connectivity index is 2.39. The molecule has 1 heterocycles. The SMILES string of the molecule is COC(=O)c1c(NC2CC2C)sc(C(N)=O)c1N. The molecule has 2 rings (SSSR count). The Morgan fingerprint density at radius 2 is 2.11 bits per heavy atom. The highest BCUT2D eigenvalue weighted by atomic mass is 32.1. The van der Waals surface area contributed by atoms with Crippen molar-refractivity contribution in [2.45, 2.75) is 19.4 Å². The van der Waals surface area contributed by atoms with E-state index in [-0.39, 0.29) is 16.1 Å². The van der Waals surface area contributed by atoms with Crippen LogP contribution in [0, 0.1) is 5.92 Å². The maximum atomic E-state index is 11.7. The predicted octanol–water partition coefficient (Wildman–Crippen LogP) is 1.04. The van der Waals surface area contributed by atoms with E-state index < -0.39 is 11.9 Å². The Morgan fingerprint density at radius 3 is 2.56 bits per heavy atom. The van der Waals surface area contributed by atoms with Gasteiger partial charge in [-0.3, -0.25) is 4.79 Å². The van der Waals surface area contributed by atoms with E-state index in [0.717, 1.165) is 17.8 Å². The number of anilines is 2. The molecule has 0 saturated heterocycles. The highest BCUT2D eigenvalue weighted by Crippen LogP contribution is 2.40. The van der Waals surface area contributed by atoms with Gasteiger partial charge in [0, 0.05) is 6.04 Å². The first-order chi connectivity index (χ1) is 8.45. The molecule has 98 valence electrons. The van der Waals surface area contributed by atoms with Gasteiger partial charge in [0.1, 0.15) is 15.4 Å². The number of primary amides is 1. The summed E-state index contributed by atoms with van der Waals surface area (Å²) < 4.78 is 4.68. The van der Waals surface area contributed by atoms with Crippen LogP contribution < -0.4 is 16.8 Å². The standard InChI is InChI=1S/C11H15N3O3S/c1-4-3-5(4)14-10-6(11(16)17-2)7(12)8(18-10)9(13)15/h4-5,14H,3,12H2,1-2H3,(H2,13,15). The lowest BCUT2D eigenvalue weighted by molar-refractivity contribution is 0.0603. The van der Waals surface area contributed by atoms with Crippen LogP contribution in [0.4, 0.5) is 10.7 Å². The zero-order chi connectivity index (χ0) is 13.4. The summed E-state index contributed by atoms with van der Waals surface area (Å²) in [7, 11) is 1.27. The van der Waals surface area contributed by atoms with E-state index in [2.05, 4.69) is 17.0 Å². The van der Waals surface area contributed by atoms with Gasteiger partial charge in [-0.1, -0.05) is 6.92 Å². The van der Waals surface area contributed by atoms with Gasteiger partial charge in [0.05, 0.1) is 12.8 Å². The van der Waals surface area contributed by atoms with Crippen molar-refractivity contribution in [3.63, 3.8) is 0 Å². The largest absolute Gasteiger partial charge is 0.465 e. The summed E-state index contributed by atoms with van der Waals surface area (Å²) in [6.07, 6.45) is 1.03. The van der Waals surface area contributed by atoms with E-state index in [1.807, 2.05) is 0 Å². The Morgan fingerprint density at radius 1 is 1.50 bits per heavy atom. The van der Waals surface area contributed by atoms with Gasteiger partial charge in [-0.05, 0) is 12.3 Å². The third-order valence-electron chi connectivity index (χ3n) is 2.98. The minimum atomic E-state index is -0.639. The van der Waals surface area contributed by atoms with E-state index in [9.17, 15) is 9.59 Å². The molecule has 5 N–H and O–H groups in total. The summed E-state index contributed by atoms with van der Waals surface area (Å²) >= 11 is 1.10. The van der Waals surface area contributed by atoms with Crippen molar-refractivity contribution in [1.29, 1.82) is 0 Å². The van der Waals surface area contributed by atoms with Crippen molar-refractivity contribution >= 4 is 33.9 Å². The fourth-order valence-corrected chi connectivity index (χ4v) is 2.75. The summed E-state index contributed by atoms with van der Waals surface area (Å²) in [6, 6.07) is 0.312. The van der Waals surface area contributed by atoms with Crippen LogP contribution in [0.1, 0.15) is 33.4 Å². The van der Waals surface area contributed by atoms with Crippen LogP contribution >= 0.6 is 11.3 Å². The molecule has 1 aromatic heterocycles. The quantitative estimate of drug-likeness (QED) is 0.708. The van der Waals surface area contributed by atoms with Gasteiger partial charge >= 0.3 is 5.97 Å². The Hall–Kier alpha value is -1.76. The van der Waals surface area contributed by atoms with Gasteiger partial charge in [-0.2, -0.15) is 0 Å². The average Bonchev–Trinajstić information content (AvgIpc) is 2.88. The van der Waals surface area contributed by atoms with Crippen molar-refractivity contribution in [2.75, 3.05) is 18.2 Å². The minimum Gasteiger partial charge on any atom is -0.465 e. The van der Waals surface area contributed by atoms with Crippen LogP contribution in [-0.4, -0.2) is 25.0 Å². The van der Waals surface area contributed by atoms with Crippen molar-refractivity contribution in [3.05, 3.63) is 10.4 Å². The number of amides is 1. The topological polar surface area (TPSA) is 107 Å². The third kappa shape index (κ3) is 2.13. The highest BCUT2D eigenvalue weighted by Gasteiger charge is 2.35. The van der Waals surface area contributed by atoms with Crippen molar-refractivity contribution < 1.29 is 14.3 Å². The van der Waals surface area contributed by atoms with Gasteiger partial charge in [0.2, 0.25) is 0 Å². The first kappa shape index (κ1) is 12.7. The third-order valence-corrected chi connectivity index (χ3v) is 4.14. The Bertz CT molecular complexity index is 512. The lowest BCUT2D eigenvalue weighted by Gasteiger charge is -2.05. The smallest absolute Gasteiger partial charge is 0.343 e. The molecule has 1 aliphatic carbocycles. The molecule has 1 amide bonds. The number of carbonyl (C=O) groups is 2. The van der Waals surface area contributed by atoms with E-state index in [1.54, 1.807) is 0 Å². The van der Waals surface area contributed by atoms with Gasteiger partial charge in [-0.15, -0.1) is 11.3 Å². The molecule has 1 saturated carbocycles. The van der Waals surface area contributed by atoms with Crippen LogP contribution in [0.25, 0.3) is 0 Å². The van der Waals surface area contributed by atoms with Gasteiger partial charge in [0.25, 0.3) is 5.91 Å². The van der Waals surface area contributed by atoms with Crippen molar-refractivity contribution in [1.82, 2.24) is 0 Å². The van der Waals surface area contributed by atoms with E-state index >= 15 is 0 Å². The number of esters is 1. The van der Waals surface area contributed by atoms with E-state index in [0.29, 0.717) is 17.0 Å². The molecular formula is C11H15N3O3S. The zero-order valence-electron chi connectivity index (χ0n) is 10.1. The monoisotopic (exact) mass is 269 g/mol. The molecule has 0 bridgehead atoms. The second-order valence-corrected chi connectivity index (χ2v) is 5.39. The average molecular weight is 269 g/mol. The molecule has 1 aromatic rings. The lowest BCUT2D eigenvalue weighted by atomic mass is 10.2. The van der Waals surface area contributed by atoms with Gasteiger partial charge in [-0.25, -0.2) is 4.79 Å².